The number of rotatable bonds is 7. The molecule has 3 aliphatic rings. The second-order valence-electron chi connectivity index (χ2n) is 10.2. The third-order valence-electron chi connectivity index (χ3n) is 7.32. The van der Waals surface area contributed by atoms with Crippen LogP contribution in [0.1, 0.15) is 35.4 Å². The number of phenolic OH excluding ortho intramolecular Hbond substituents is 2. The van der Waals surface area contributed by atoms with Gasteiger partial charge in [0.25, 0.3) is 0 Å². The van der Waals surface area contributed by atoms with Crippen LogP contribution in [0.3, 0.4) is 0 Å². The lowest BCUT2D eigenvalue weighted by Crippen LogP contribution is -2.62. The van der Waals surface area contributed by atoms with Gasteiger partial charge in [-0.05, 0) is 24.6 Å². The minimum atomic E-state index is -1.67. The molecule has 14 heteroatoms. The fraction of sp³-hybridized carbons (Fsp3) is 0.519. The fourth-order valence-corrected chi connectivity index (χ4v) is 4.95. The summed E-state index contributed by atoms with van der Waals surface area (Å²) in [6, 6.07) is 8.79. The molecule has 2 saturated heterocycles. The minimum Gasteiger partial charge on any atom is -0.508 e. The maximum absolute atomic E-state index is 12.8. The Bertz CT molecular complexity index is 1220. The number of carbonyl (C=O) groups is 1. The van der Waals surface area contributed by atoms with Crippen molar-refractivity contribution in [2.45, 2.75) is 74.6 Å². The van der Waals surface area contributed by atoms with Gasteiger partial charge in [-0.2, -0.15) is 0 Å². The zero-order chi connectivity index (χ0) is 29.4. The summed E-state index contributed by atoms with van der Waals surface area (Å²) in [4.78, 5) is 23.1. The van der Waals surface area contributed by atoms with Crippen molar-refractivity contribution >= 4 is 5.78 Å². The Morgan fingerprint density at radius 2 is 1.63 bits per heavy atom. The maximum Gasteiger partial charge on any atom is 0.187 e. The molecule has 0 radical (unpaired) electrons. The summed E-state index contributed by atoms with van der Waals surface area (Å²) >= 11 is 0. The second-order valence-corrected chi connectivity index (χ2v) is 10.2. The molecule has 3 aliphatic heterocycles. The Balaban J connectivity index is 1.32. The summed E-state index contributed by atoms with van der Waals surface area (Å²) in [5, 5.41) is 70.9. The second kappa shape index (κ2) is 12.1. The first-order chi connectivity index (χ1) is 19.6. The molecule has 0 saturated carbocycles. The van der Waals surface area contributed by atoms with Crippen LogP contribution >= 0.6 is 0 Å². The van der Waals surface area contributed by atoms with Crippen molar-refractivity contribution in [3.8, 4) is 23.0 Å². The smallest absolute Gasteiger partial charge is 0.187 e. The molecular weight excluding hydrogens is 548 g/mol. The number of aromatic hydroxyl groups is 2. The van der Waals surface area contributed by atoms with Crippen LogP contribution in [-0.4, -0.2) is 110 Å². The van der Waals surface area contributed by atoms with E-state index >= 15 is 0 Å². The van der Waals surface area contributed by atoms with Crippen LogP contribution in [0.25, 0.3) is 0 Å². The standard InChI is InChI=1S/C27H32O14/c1-11-22(32)24(34)25(35)27(37-11)39-26-20(41-40-19(9-28)23(26)33)10-36-14-6-15(30)21-16(31)8-17(38-18(21)7-14)12-2-4-13(29)5-3-12/h2-7,11,17,19-20,22-30,32-35H,8-10H2,1H3/t11-,17+,19-,20+,22-,23+,24+,25+,26-,27+/m1/s1. The third kappa shape index (κ3) is 5.97. The summed E-state index contributed by atoms with van der Waals surface area (Å²) < 4.78 is 23.0. The Kier molecular flexibility index (Phi) is 8.65. The molecule has 2 fully saturated rings. The first kappa shape index (κ1) is 29.4. The number of aliphatic hydroxyl groups excluding tert-OH is 5. The van der Waals surface area contributed by atoms with Crippen LogP contribution in [0.5, 0.6) is 23.0 Å². The van der Waals surface area contributed by atoms with E-state index in [0.29, 0.717) is 5.56 Å². The molecule has 7 N–H and O–H groups in total. The Hall–Kier alpha value is -3.05. The molecule has 0 spiro atoms. The number of hydrogen-bond acceptors (Lipinski definition) is 14. The van der Waals surface area contributed by atoms with Crippen LogP contribution in [-0.2, 0) is 19.2 Å². The van der Waals surface area contributed by atoms with E-state index in [1.165, 1.54) is 31.2 Å². The highest BCUT2D eigenvalue weighted by Crippen LogP contribution is 2.42. The molecule has 0 amide bonds. The Labute approximate surface area is 233 Å². The number of benzene rings is 2. The fourth-order valence-electron chi connectivity index (χ4n) is 4.95. The quantitative estimate of drug-likeness (QED) is 0.205. The number of ketones is 1. The van der Waals surface area contributed by atoms with Gasteiger partial charge in [0.1, 0.15) is 77.9 Å². The van der Waals surface area contributed by atoms with Gasteiger partial charge in [-0.3, -0.25) is 4.79 Å². The van der Waals surface area contributed by atoms with Gasteiger partial charge in [0.15, 0.2) is 18.2 Å². The number of ether oxygens (including phenoxy) is 4. The molecule has 5 rings (SSSR count). The molecule has 0 aromatic heterocycles. The van der Waals surface area contributed by atoms with Gasteiger partial charge in [-0.25, -0.2) is 9.78 Å². The summed E-state index contributed by atoms with van der Waals surface area (Å²) in [5.41, 5.74) is 0.636. The third-order valence-corrected chi connectivity index (χ3v) is 7.32. The highest BCUT2D eigenvalue weighted by atomic mass is 17.2. The van der Waals surface area contributed by atoms with Gasteiger partial charge in [0.2, 0.25) is 0 Å². The van der Waals surface area contributed by atoms with E-state index in [0.717, 1.165) is 0 Å². The van der Waals surface area contributed by atoms with Gasteiger partial charge >= 0.3 is 0 Å². The summed E-state index contributed by atoms with van der Waals surface area (Å²) in [7, 11) is 0. The topological polar surface area (TPSA) is 214 Å². The van der Waals surface area contributed by atoms with E-state index in [1.807, 2.05) is 0 Å². The van der Waals surface area contributed by atoms with Crippen LogP contribution in [0.15, 0.2) is 36.4 Å². The first-order valence-electron chi connectivity index (χ1n) is 13.0. The van der Waals surface area contributed by atoms with E-state index in [2.05, 4.69) is 0 Å². The zero-order valence-corrected chi connectivity index (χ0v) is 21.8. The maximum atomic E-state index is 12.8. The largest absolute Gasteiger partial charge is 0.508 e. The van der Waals surface area contributed by atoms with Crippen molar-refractivity contribution in [2.75, 3.05) is 13.2 Å². The lowest BCUT2D eigenvalue weighted by Gasteiger charge is -2.44. The molecule has 0 aliphatic carbocycles. The van der Waals surface area contributed by atoms with Crippen LogP contribution in [0.4, 0.5) is 0 Å². The normalized spacial score (nSPS) is 35.4. The van der Waals surface area contributed by atoms with Gasteiger partial charge in [0.05, 0.1) is 19.1 Å². The number of phenols is 2. The van der Waals surface area contributed by atoms with Gasteiger partial charge < -0.3 is 54.7 Å². The van der Waals surface area contributed by atoms with Crippen LogP contribution in [0, 0.1) is 0 Å². The highest BCUT2D eigenvalue weighted by molar-refractivity contribution is 6.02. The molecule has 224 valence electrons. The lowest BCUT2D eigenvalue weighted by atomic mass is 9.95. The van der Waals surface area contributed by atoms with Crippen molar-refractivity contribution in [3.05, 3.63) is 47.5 Å². The van der Waals surface area contributed by atoms with Crippen molar-refractivity contribution in [1.82, 2.24) is 0 Å². The van der Waals surface area contributed by atoms with E-state index < -0.39 is 67.8 Å². The van der Waals surface area contributed by atoms with Gasteiger partial charge in [-0.1, -0.05) is 12.1 Å². The predicted octanol–water partition coefficient (Wildman–Crippen LogP) is -0.552. The van der Waals surface area contributed by atoms with E-state index in [4.69, 9.17) is 28.7 Å². The molecule has 14 nitrogen and oxygen atoms in total. The summed E-state index contributed by atoms with van der Waals surface area (Å²) in [6.07, 6.45) is -12.9. The molecule has 0 bridgehead atoms. The van der Waals surface area contributed by atoms with Crippen LogP contribution in [0.2, 0.25) is 0 Å². The number of aliphatic hydroxyl groups is 5. The molecule has 41 heavy (non-hydrogen) atoms. The predicted molar refractivity (Wildman–Crippen MR) is 134 cm³/mol. The van der Waals surface area contributed by atoms with Gasteiger partial charge in [-0.15, -0.1) is 0 Å². The molecule has 0 unspecified atom stereocenters. The number of carbonyl (C=O) groups excluding carboxylic acids is 1. The molecule has 2 aromatic rings. The lowest BCUT2D eigenvalue weighted by molar-refractivity contribution is -0.434. The Morgan fingerprint density at radius 1 is 0.927 bits per heavy atom. The zero-order valence-electron chi connectivity index (χ0n) is 21.8. The van der Waals surface area contributed by atoms with Crippen molar-refractivity contribution in [2.24, 2.45) is 0 Å². The Morgan fingerprint density at radius 3 is 2.34 bits per heavy atom. The summed E-state index contributed by atoms with van der Waals surface area (Å²) in [6.45, 7) is 0.482. The van der Waals surface area contributed by atoms with E-state index in [9.17, 15) is 40.5 Å². The molecule has 3 heterocycles. The SMILES string of the molecule is C[C@H]1O[C@@H](O[C@H]2[C@@H](O)[C@@H](CO)OO[C@H]2COc2cc(O)c3c(c2)O[C@H](c2ccc(O)cc2)CC3=O)[C@@H](O)[C@@H](O)[C@@H]1O. The average Bonchev–Trinajstić information content (AvgIpc) is 2.94. The highest BCUT2D eigenvalue weighted by Gasteiger charge is 2.48. The molecular formula is C27H32O14. The minimum absolute atomic E-state index is 0.00894. The van der Waals surface area contributed by atoms with Crippen molar-refractivity contribution in [3.63, 3.8) is 0 Å². The van der Waals surface area contributed by atoms with Crippen molar-refractivity contribution < 1.29 is 69.3 Å². The summed E-state index contributed by atoms with van der Waals surface area (Å²) in [5.74, 6) is -0.521. The number of fused-ring (bicyclic) bond motifs is 1. The first-order valence-corrected chi connectivity index (χ1v) is 13.0. The molecule has 2 aromatic carbocycles. The monoisotopic (exact) mass is 580 g/mol. The van der Waals surface area contributed by atoms with Gasteiger partial charge in [0, 0.05) is 12.1 Å². The van der Waals surface area contributed by atoms with E-state index in [-0.39, 0.29) is 47.4 Å². The van der Waals surface area contributed by atoms with Crippen molar-refractivity contribution in [1.29, 1.82) is 0 Å². The van der Waals surface area contributed by atoms with E-state index in [1.54, 1.807) is 12.1 Å². The van der Waals surface area contributed by atoms with Crippen LogP contribution < -0.4 is 9.47 Å². The number of Topliss-reactive ketones (excluding diaryl/α,β-unsaturated/α-hetero) is 1. The number of hydrogen-bond donors (Lipinski definition) is 7. The average molecular weight is 581 g/mol. The molecule has 10 atom stereocenters.